The summed E-state index contributed by atoms with van der Waals surface area (Å²) in [7, 11) is 0. The fraction of sp³-hybridized carbons (Fsp3) is 0.0714. The molecule has 0 aliphatic rings. The second-order valence-electron chi connectivity index (χ2n) is 4.42. The van der Waals surface area contributed by atoms with E-state index in [0.29, 0.717) is 10.4 Å². The molecule has 0 atom stereocenters. The van der Waals surface area contributed by atoms with Crippen LogP contribution in [0.2, 0.25) is 0 Å². The molecular weight excluding hydrogens is 400 g/mol. The van der Waals surface area contributed by atoms with Crippen LogP contribution in [0.5, 0.6) is 0 Å². The molecule has 2 amide bonds. The highest BCUT2D eigenvalue weighted by Crippen LogP contribution is 2.22. The lowest BCUT2D eigenvalue weighted by Gasteiger charge is -2.04. The minimum absolute atomic E-state index is 0.00969. The Morgan fingerprint density at radius 2 is 1.96 bits per heavy atom. The van der Waals surface area contributed by atoms with Crippen LogP contribution in [0, 0.1) is 10.1 Å². The Labute approximate surface area is 148 Å². The van der Waals surface area contributed by atoms with Crippen LogP contribution in [0.3, 0.4) is 0 Å². The maximum Gasteiger partial charge on any atom is 0.324 e. The highest BCUT2D eigenvalue weighted by atomic mass is 79.9. The summed E-state index contributed by atoms with van der Waals surface area (Å²) in [6, 6.07) is 9.57. The number of nitrogens with one attached hydrogen (secondary N) is 2. The van der Waals surface area contributed by atoms with Crippen molar-refractivity contribution in [3.05, 3.63) is 61.4 Å². The molecule has 0 aliphatic heterocycles. The van der Waals surface area contributed by atoms with Crippen molar-refractivity contribution < 1.29 is 14.5 Å². The number of nitro groups is 1. The van der Waals surface area contributed by atoms with Gasteiger partial charge in [0.1, 0.15) is 0 Å². The normalized spacial score (nSPS) is 10.5. The summed E-state index contributed by atoms with van der Waals surface area (Å²) < 4.78 is 0.847. The van der Waals surface area contributed by atoms with Gasteiger partial charge in [-0.25, -0.2) is 5.43 Å². The molecule has 1 heterocycles. The standard InChI is InChI=1S/C14H11BrN4O4S/c15-10-3-1-9(2-4-10)14(21)16-8-12(20)18-17-7-11-5-6-13(24-11)19(22)23/h1-7H,8H2,(H,16,21)(H,18,20)/b17-7-. The molecule has 0 saturated carbocycles. The summed E-state index contributed by atoms with van der Waals surface area (Å²) in [5.74, 6) is -0.890. The molecule has 10 heteroatoms. The Morgan fingerprint density at radius 3 is 2.58 bits per heavy atom. The van der Waals surface area contributed by atoms with Crippen molar-refractivity contribution in [3.8, 4) is 0 Å². The van der Waals surface area contributed by atoms with Crippen molar-refractivity contribution in [2.24, 2.45) is 5.10 Å². The molecule has 2 N–H and O–H groups in total. The molecule has 0 bridgehead atoms. The number of benzene rings is 1. The van der Waals surface area contributed by atoms with Crippen molar-refractivity contribution in [3.63, 3.8) is 0 Å². The molecule has 0 spiro atoms. The number of halogens is 1. The maximum atomic E-state index is 11.8. The van der Waals surface area contributed by atoms with Gasteiger partial charge in [-0.1, -0.05) is 27.3 Å². The number of rotatable bonds is 6. The highest BCUT2D eigenvalue weighted by molar-refractivity contribution is 9.10. The van der Waals surface area contributed by atoms with E-state index in [1.165, 1.54) is 18.3 Å². The quantitative estimate of drug-likeness (QED) is 0.431. The number of hydrogen-bond acceptors (Lipinski definition) is 6. The van der Waals surface area contributed by atoms with E-state index < -0.39 is 10.8 Å². The van der Waals surface area contributed by atoms with Crippen molar-refractivity contribution >= 4 is 50.3 Å². The lowest BCUT2D eigenvalue weighted by atomic mass is 10.2. The van der Waals surface area contributed by atoms with Gasteiger partial charge in [0.15, 0.2) is 0 Å². The molecule has 2 rings (SSSR count). The SMILES string of the molecule is O=C(CNC(=O)c1ccc(Br)cc1)N/N=C\c1ccc([N+](=O)[O-])s1. The van der Waals surface area contributed by atoms with Crippen LogP contribution in [-0.4, -0.2) is 29.5 Å². The second-order valence-corrected chi connectivity index (χ2v) is 6.43. The third-order valence-corrected chi connectivity index (χ3v) is 4.19. The summed E-state index contributed by atoms with van der Waals surface area (Å²) in [4.78, 5) is 34.0. The van der Waals surface area contributed by atoms with E-state index in [-0.39, 0.29) is 17.5 Å². The Kier molecular flexibility index (Phi) is 6.15. The van der Waals surface area contributed by atoms with Gasteiger partial charge in [-0.3, -0.25) is 19.7 Å². The molecule has 2 aromatic rings. The smallest absolute Gasteiger partial charge is 0.324 e. The van der Waals surface area contributed by atoms with Crippen LogP contribution < -0.4 is 10.7 Å². The van der Waals surface area contributed by atoms with Crippen molar-refractivity contribution in [2.45, 2.75) is 0 Å². The van der Waals surface area contributed by atoms with Gasteiger partial charge in [-0.05, 0) is 30.3 Å². The lowest BCUT2D eigenvalue weighted by Crippen LogP contribution is -2.34. The average molecular weight is 411 g/mol. The molecule has 1 aromatic carbocycles. The zero-order valence-electron chi connectivity index (χ0n) is 12.1. The van der Waals surface area contributed by atoms with Crippen molar-refractivity contribution in [1.82, 2.24) is 10.7 Å². The fourth-order valence-electron chi connectivity index (χ4n) is 1.58. The van der Waals surface area contributed by atoms with E-state index >= 15 is 0 Å². The molecule has 0 saturated heterocycles. The third-order valence-electron chi connectivity index (χ3n) is 2.69. The van der Waals surface area contributed by atoms with Gasteiger partial charge in [0.2, 0.25) is 0 Å². The van der Waals surface area contributed by atoms with Crippen LogP contribution in [0.15, 0.2) is 46.0 Å². The number of hydrogen-bond donors (Lipinski definition) is 2. The number of nitrogens with zero attached hydrogens (tertiary/aromatic N) is 2. The van der Waals surface area contributed by atoms with E-state index in [9.17, 15) is 19.7 Å². The Hall–Kier alpha value is -2.59. The third kappa shape index (κ3) is 5.25. The molecule has 0 fully saturated rings. The van der Waals surface area contributed by atoms with Crippen LogP contribution in [0.25, 0.3) is 0 Å². The predicted octanol–water partition coefficient (Wildman–Crippen LogP) is 2.30. The van der Waals surface area contributed by atoms with E-state index in [1.807, 2.05) is 0 Å². The molecule has 8 nitrogen and oxygen atoms in total. The summed E-state index contributed by atoms with van der Waals surface area (Å²) in [5.41, 5.74) is 2.66. The lowest BCUT2D eigenvalue weighted by molar-refractivity contribution is -0.380. The number of amides is 2. The Morgan fingerprint density at radius 1 is 1.25 bits per heavy atom. The zero-order valence-corrected chi connectivity index (χ0v) is 14.5. The number of carbonyl (C=O) groups is 2. The van der Waals surface area contributed by atoms with Gasteiger partial charge in [0.05, 0.1) is 22.6 Å². The van der Waals surface area contributed by atoms with Crippen LogP contribution in [-0.2, 0) is 4.79 Å². The molecular formula is C14H11BrN4O4S. The van der Waals surface area contributed by atoms with Crippen molar-refractivity contribution in [2.75, 3.05) is 6.54 Å². The van der Waals surface area contributed by atoms with Crippen LogP contribution in [0.1, 0.15) is 15.2 Å². The number of hydrazone groups is 1. The van der Waals surface area contributed by atoms with E-state index in [4.69, 9.17) is 0 Å². The minimum atomic E-state index is -0.511. The molecule has 0 aliphatic carbocycles. The van der Waals surface area contributed by atoms with E-state index in [1.54, 1.807) is 24.3 Å². The van der Waals surface area contributed by atoms with Gasteiger partial charge < -0.3 is 5.32 Å². The number of thiophene rings is 1. The van der Waals surface area contributed by atoms with Gasteiger partial charge in [0, 0.05) is 16.1 Å². The first-order valence-electron chi connectivity index (χ1n) is 6.55. The first-order chi connectivity index (χ1) is 11.5. The Bertz CT molecular complexity index is 788. The first-order valence-corrected chi connectivity index (χ1v) is 8.16. The molecule has 0 unspecified atom stereocenters. The first kappa shape index (κ1) is 17.8. The zero-order chi connectivity index (χ0) is 17.5. The van der Waals surface area contributed by atoms with Gasteiger partial charge in [-0.15, -0.1) is 0 Å². The van der Waals surface area contributed by atoms with Gasteiger partial charge in [0.25, 0.3) is 11.8 Å². The van der Waals surface area contributed by atoms with Crippen molar-refractivity contribution in [1.29, 1.82) is 0 Å². The predicted molar refractivity (Wildman–Crippen MR) is 93.2 cm³/mol. The largest absolute Gasteiger partial charge is 0.343 e. The van der Waals surface area contributed by atoms with Crippen LogP contribution in [0.4, 0.5) is 5.00 Å². The van der Waals surface area contributed by atoms with Crippen LogP contribution >= 0.6 is 27.3 Å². The maximum absolute atomic E-state index is 11.8. The molecule has 124 valence electrons. The summed E-state index contributed by atoms with van der Waals surface area (Å²) in [6.45, 7) is -0.239. The fourth-order valence-corrected chi connectivity index (χ4v) is 2.54. The summed E-state index contributed by atoms with van der Waals surface area (Å²) >= 11 is 4.20. The average Bonchev–Trinajstić information content (AvgIpc) is 3.02. The molecule has 24 heavy (non-hydrogen) atoms. The summed E-state index contributed by atoms with van der Waals surface area (Å²) in [5, 5.41) is 16.7. The Balaban J connectivity index is 1.78. The number of carbonyl (C=O) groups excluding carboxylic acids is 2. The van der Waals surface area contributed by atoms with Gasteiger partial charge >= 0.3 is 5.00 Å². The molecule has 0 radical (unpaired) electrons. The second kappa shape index (κ2) is 8.31. The monoisotopic (exact) mass is 410 g/mol. The molecule has 1 aromatic heterocycles. The van der Waals surface area contributed by atoms with E-state index in [0.717, 1.165) is 15.8 Å². The topological polar surface area (TPSA) is 114 Å². The summed E-state index contributed by atoms with van der Waals surface area (Å²) in [6.07, 6.45) is 1.30. The minimum Gasteiger partial charge on any atom is -0.343 e. The highest BCUT2D eigenvalue weighted by Gasteiger charge is 2.09. The van der Waals surface area contributed by atoms with Gasteiger partial charge in [-0.2, -0.15) is 5.10 Å². The van der Waals surface area contributed by atoms with E-state index in [2.05, 4.69) is 31.8 Å².